The number of hydrazine groups is 1. The van der Waals surface area contributed by atoms with Crippen molar-refractivity contribution in [3.05, 3.63) is 54.2 Å². The first-order chi connectivity index (χ1) is 22.3. The maximum Gasteiger partial charge on any atom is 0.406 e. The molecule has 12 nitrogen and oxygen atoms in total. The summed E-state index contributed by atoms with van der Waals surface area (Å²) in [6.07, 6.45) is -2.92. The molecule has 3 aromatic rings. The van der Waals surface area contributed by atoms with Gasteiger partial charge in [-0.05, 0) is 56.0 Å². The molecule has 16 heteroatoms. The minimum Gasteiger partial charge on any atom is -0.497 e. The fourth-order valence-corrected chi connectivity index (χ4v) is 6.87. The smallest absolute Gasteiger partial charge is 0.406 e. The molecule has 2 aromatic carbocycles. The zero-order chi connectivity index (χ0) is 34.2. The van der Waals surface area contributed by atoms with Crippen LogP contribution in [0.25, 0.3) is 10.9 Å². The van der Waals surface area contributed by atoms with E-state index < -0.39 is 35.4 Å². The lowest BCUT2D eigenvalue weighted by Gasteiger charge is -2.34. The largest absolute Gasteiger partial charge is 0.497 e. The third-order valence-corrected chi connectivity index (χ3v) is 9.39. The summed E-state index contributed by atoms with van der Waals surface area (Å²) in [5, 5.41) is 16.2. The van der Waals surface area contributed by atoms with Crippen molar-refractivity contribution in [1.29, 1.82) is 0 Å². The molecule has 2 amide bonds. The van der Waals surface area contributed by atoms with Crippen LogP contribution in [0, 0.1) is 11.8 Å². The topological polar surface area (TPSA) is 154 Å². The lowest BCUT2D eigenvalue weighted by Crippen LogP contribution is -2.47. The maximum atomic E-state index is 13.7. The highest BCUT2D eigenvalue weighted by Crippen LogP contribution is 2.31. The van der Waals surface area contributed by atoms with Gasteiger partial charge in [0, 0.05) is 48.9 Å². The van der Waals surface area contributed by atoms with Crippen LogP contribution in [-0.2, 0) is 16.6 Å². The van der Waals surface area contributed by atoms with E-state index >= 15 is 0 Å². The molecule has 0 radical (unpaired) electrons. The standard InChI is InChI=1S/C31H40F3N7O5S/c1-22(37-30(35)43)20-39-14-11-23(12-15-39)38-28-9-4-10-29-27(28)18-24(40(29)21-31(32,33)34)6-5-13-36-41(16-17-42)47(44,45)26-8-3-7-25(19-26)46-2/h3-4,7-10,18-19,22-23,36,38,42H,11-17,20-21H2,1-2H3,(H3,35,37,43). The van der Waals surface area contributed by atoms with E-state index in [0.717, 1.165) is 34.9 Å². The van der Waals surface area contributed by atoms with Gasteiger partial charge in [-0.15, -0.1) is 4.41 Å². The SMILES string of the molecule is COc1cccc(S(=O)(=O)N(CCO)NCC#Cc2cc3c(NC4CCN(CC(C)NC(N)=O)CC4)cccc3n2CC(F)(F)F)c1. The van der Waals surface area contributed by atoms with Crippen molar-refractivity contribution >= 4 is 32.6 Å². The molecule has 1 unspecified atom stereocenters. The van der Waals surface area contributed by atoms with Crippen LogP contribution in [0.2, 0.25) is 0 Å². The first kappa shape index (κ1) is 35.8. The minimum atomic E-state index is -4.51. The van der Waals surface area contributed by atoms with Crippen LogP contribution in [0.1, 0.15) is 25.5 Å². The van der Waals surface area contributed by atoms with Gasteiger partial charge in [-0.3, -0.25) is 0 Å². The third-order valence-electron chi connectivity index (χ3n) is 7.64. The molecule has 1 aliphatic rings. The Labute approximate surface area is 272 Å². The van der Waals surface area contributed by atoms with Gasteiger partial charge in [-0.1, -0.05) is 18.1 Å². The van der Waals surface area contributed by atoms with E-state index in [1.54, 1.807) is 24.3 Å². The highest BCUT2D eigenvalue weighted by molar-refractivity contribution is 7.89. The number of aliphatic hydroxyl groups is 1. The summed E-state index contributed by atoms with van der Waals surface area (Å²) in [6, 6.07) is 12.0. The van der Waals surface area contributed by atoms with Gasteiger partial charge in [-0.25, -0.2) is 18.6 Å². The Kier molecular flexibility index (Phi) is 12.0. The number of primary amides is 1. The van der Waals surface area contributed by atoms with Crippen molar-refractivity contribution in [3.63, 3.8) is 0 Å². The van der Waals surface area contributed by atoms with Crippen LogP contribution in [-0.4, -0.2) is 98.1 Å². The number of aromatic nitrogens is 1. The number of nitrogens with two attached hydrogens (primary N) is 1. The van der Waals surface area contributed by atoms with Crippen molar-refractivity contribution in [2.75, 3.05) is 51.8 Å². The molecule has 1 saturated heterocycles. The Morgan fingerprint density at radius 2 is 1.91 bits per heavy atom. The number of sulfonamides is 1. The van der Waals surface area contributed by atoms with Crippen molar-refractivity contribution in [1.82, 2.24) is 24.6 Å². The summed E-state index contributed by atoms with van der Waals surface area (Å²) >= 11 is 0. The lowest BCUT2D eigenvalue weighted by atomic mass is 10.0. The number of halogens is 3. The van der Waals surface area contributed by atoms with Gasteiger partial charge in [0.2, 0.25) is 0 Å². The number of alkyl halides is 3. The molecule has 1 fully saturated rings. The third kappa shape index (κ3) is 9.75. The number of carbonyl (C=O) groups is 1. The molecule has 0 saturated carbocycles. The summed E-state index contributed by atoms with van der Waals surface area (Å²) in [6.45, 7) is 1.84. The molecule has 0 bridgehead atoms. The van der Waals surface area contributed by atoms with E-state index in [2.05, 4.69) is 32.8 Å². The van der Waals surface area contributed by atoms with E-state index in [1.165, 1.54) is 25.3 Å². The van der Waals surface area contributed by atoms with Gasteiger partial charge in [0.25, 0.3) is 10.0 Å². The number of amides is 2. The first-order valence-corrected chi connectivity index (χ1v) is 16.5. The second kappa shape index (κ2) is 15.7. The van der Waals surface area contributed by atoms with E-state index in [1.807, 2.05) is 13.0 Å². The summed E-state index contributed by atoms with van der Waals surface area (Å²) < 4.78 is 74.5. The molecule has 256 valence electrons. The Balaban J connectivity index is 1.51. The van der Waals surface area contributed by atoms with Gasteiger partial charge in [0.1, 0.15) is 12.3 Å². The van der Waals surface area contributed by atoms with Crippen LogP contribution in [0.15, 0.2) is 53.4 Å². The fraction of sp³-hybridized carbons (Fsp3) is 0.452. The number of nitrogens with one attached hydrogen (secondary N) is 3. The minimum absolute atomic E-state index is 0.0728. The molecule has 6 N–H and O–H groups in total. The quantitative estimate of drug-likeness (QED) is 0.137. The Bertz CT molecular complexity index is 1700. The number of benzene rings is 2. The molecular formula is C31H40F3N7O5S. The number of nitrogens with zero attached hydrogens (tertiary/aromatic N) is 3. The molecule has 4 rings (SSSR count). The number of anilines is 1. The van der Waals surface area contributed by atoms with E-state index in [-0.39, 0.29) is 35.8 Å². The first-order valence-electron chi connectivity index (χ1n) is 15.0. The van der Waals surface area contributed by atoms with E-state index in [4.69, 9.17) is 10.5 Å². The van der Waals surface area contributed by atoms with Gasteiger partial charge in [-0.2, -0.15) is 13.2 Å². The van der Waals surface area contributed by atoms with Gasteiger partial charge >= 0.3 is 12.2 Å². The molecule has 1 aromatic heterocycles. The summed E-state index contributed by atoms with van der Waals surface area (Å²) in [7, 11) is -2.70. The Hall–Kier alpha value is -4.01. The number of carbonyl (C=O) groups excluding carboxylic acids is 1. The van der Waals surface area contributed by atoms with Gasteiger partial charge in [0.15, 0.2) is 0 Å². The average Bonchev–Trinajstić information content (AvgIpc) is 3.35. The Morgan fingerprint density at radius 3 is 2.57 bits per heavy atom. The molecular weight excluding hydrogens is 639 g/mol. The Morgan fingerprint density at radius 1 is 1.19 bits per heavy atom. The van der Waals surface area contributed by atoms with Crippen LogP contribution in [0.5, 0.6) is 5.75 Å². The molecule has 0 spiro atoms. The zero-order valence-corrected chi connectivity index (χ0v) is 27.0. The highest BCUT2D eigenvalue weighted by Gasteiger charge is 2.30. The number of ether oxygens (including phenoxy) is 1. The predicted octanol–water partition coefficient (Wildman–Crippen LogP) is 2.68. The number of likely N-dealkylation sites (tertiary alicyclic amines) is 1. The normalized spacial score (nSPS) is 15.3. The zero-order valence-electron chi connectivity index (χ0n) is 26.2. The fourth-order valence-electron chi connectivity index (χ4n) is 5.55. The van der Waals surface area contributed by atoms with Crippen LogP contribution >= 0.6 is 0 Å². The van der Waals surface area contributed by atoms with Gasteiger partial charge < -0.3 is 35.7 Å². The number of aliphatic hydroxyl groups excluding tert-OH is 1. The number of hydrogen-bond acceptors (Lipinski definition) is 8. The average molecular weight is 680 g/mol. The molecule has 0 aliphatic carbocycles. The maximum absolute atomic E-state index is 13.7. The number of rotatable bonds is 13. The number of hydrogen-bond donors (Lipinski definition) is 5. The molecule has 2 heterocycles. The van der Waals surface area contributed by atoms with Crippen LogP contribution < -0.4 is 26.5 Å². The van der Waals surface area contributed by atoms with E-state index in [0.29, 0.717) is 28.9 Å². The van der Waals surface area contributed by atoms with Crippen LogP contribution in [0.3, 0.4) is 0 Å². The predicted molar refractivity (Wildman–Crippen MR) is 172 cm³/mol. The molecule has 1 atom stereocenters. The summed E-state index contributed by atoms with van der Waals surface area (Å²) in [5.41, 5.74) is 9.02. The monoisotopic (exact) mass is 679 g/mol. The summed E-state index contributed by atoms with van der Waals surface area (Å²) in [5.74, 6) is 5.84. The second-order valence-corrected chi connectivity index (χ2v) is 13.1. The number of fused-ring (bicyclic) bond motifs is 1. The highest BCUT2D eigenvalue weighted by atomic mass is 32.2. The lowest BCUT2D eigenvalue weighted by molar-refractivity contribution is -0.140. The van der Waals surface area contributed by atoms with Crippen molar-refractivity contribution in [2.24, 2.45) is 5.73 Å². The number of urea groups is 1. The van der Waals surface area contributed by atoms with Crippen molar-refractivity contribution in [3.8, 4) is 17.6 Å². The van der Waals surface area contributed by atoms with Crippen LogP contribution in [0.4, 0.5) is 23.7 Å². The molecule has 47 heavy (non-hydrogen) atoms. The second-order valence-electron chi connectivity index (χ2n) is 11.2. The summed E-state index contributed by atoms with van der Waals surface area (Å²) in [4.78, 5) is 13.3. The number of piperidine rings is 1. The van der Waals surface area contributed by atoms with Gasteiger partial charge in [0.05, 0.1) is 42.9 Å². The number of methoxy groups -OCH3 is 1. The van der Waals surface area contributed by atoms with E-state index in [9.17, 15) is 31.5 Å². The van der Waals surface area contributed by atoms with Crippen molar-refractivity contribution in [2.45, 2.75) is 49.5 Å². The molecule has 1 aliphatic heterocycles. The van der Waals surface area contributed by atoms with Crippen molar-refractivity contribution < 1.29 is 36.2 Å².